The molecule has 2 aromatic carbocycles. The van der Waals surface area contributed by atoms with E-state index in [9.17, 15) is 9.18 Å². The molecule has 1 fully saturated rings. The molecule has 1 amide bonds. The maximum atomic E-state index is 13.3. The summed E-state index contributed by atoms with van der Waals surface area (Å²) in [5.41, 5.74) is 4.42. The number of hydrogen-bond acceptors (Lipinski definition) is 3. The SMILES string of the molecule is C=C/C(C=Nc1ccc(C(=O)NC(C)c2ccc(F)cc2)cc1N=C(C)CC1CCC1)=C\C=C(/C)Cl. The third-order valence-corrected chi connectivity index (χ3v) is 6.30. The number of nitrogens with one attached hydrogen (secondary N) is 1. The Hall–Kier alpha value is -3.31. The van der Waals surface area contributed by atoms with Crippen LogP contribution in [-0.4, -0.2) is 17.8 Å². The van der Waals surface area contributed by atoms with Gasteiger partial charge in [0.25, 0.3) is 5.91 Å². The lowest BCUT2D eigenvalue weighted by Crippen LogP contribution is -2.26. The Morgan fingerprint density at radius 1 is 1.17 bits per heavy atom. The average molecular weight is 506 g/mol. The monoisotopic (exact) mass is 505 g/mol. The highest BCUT2D eigenvalue weighted by molar-refractivity contribution is 6.29. The molecule has 0 saturated heterocycles. The van der Waals surface area contributed by atoms with Crippen LogP contribution in [0, 0.1) is 11.7 Å². The molecular formula is C30H33ClFN3O. The standard InChI is InChI=1S/C30H33ClFN3O/c1-5-23(10-9-20(2)31)19-33-28-16-13-26(18-29(28)34-21(3)17-24-7-6-8-24)30(36)35-22(4)25-11-14-27(32)15-12-25/h5,9-16,18-19,22,24H,1,6-8,17H2,2-4H3,(H,35,36)/b20-9+,23-10+,33-19?,34-21?. The van der Waals surface area contributed by atoms with Gasteiger partial charge >= 0.3 is 0 Å². The van der Waals surface area contributed by atoms with Gasteiger partial charge in [0.15, 0.2) is 0 Å². The van der Waals surface area contributed by atoms with Gasteiger partial charge in [-0.2, -0.15) is 0 Å². The lowest BCUT2D eigenvalue weighted by molar-refractivity contribution is 0.0940. The Labute approximate surface area is 218 Å². The van der Waals surface area contributed by atoms with E-state index < -0.39 is 0 Å². The molecule has 1 aliphatic carbocycles. The van der Waals surface area contributed by atoms with Crippen LogP contribution in [-0.2, 0) is 0 Å². The predicted octanol–water partition coefficient (Wildman–Crippen LogP) is 8.56. The Bertz CT molecular complexity index is 1200. The molecule has 0 radical (unpaired) electrons. The van der Waals surface area contributed by atoms with Crippen molar-refractivity contribution in [3.63, 3.8) is 0 Å². The van der Waals surface area contributed by atoms with Crippen LogP contribution in [0.1, 0.15) is 68.4 Å². The topological polar surface area (TPSA) is 53.8 Å². The van der Waals surface area contributed by atoms with Crippen molar-refractivity contribution >= 4 is 40.8 Å². The zero-order valence-electron chi connectivity index (χ0n) is 21.1. The van der Waals surface area contributed by atoms with Crippen molar-refractivity contribution in [1.29, 1.82) is 0 Å². The maximum absolute atomic E-state index is 13.3. The summed E-state index contributed by atoms with van der Waals surface area (Å²) >= 11 is 5.93. The average Bonchev–Trinajstić information content (AvgIpc) is 2.82. The Kier molecular flexibility index (Phi) is 9.95. The van der Waals surface area contributed by atoms with E-state index in [1.165, 1.54) is 31.4 Å². The fourth-order valence-corrected chi connectivity index (χ4v) is 3.93. The van der Waals surface area contributed by atoms with Crippen molar-refractivity contribution in [3.05, 3.63) is 94.8 Å². The van der Waals surface area contributed by atoms with Gasteiger partial charge in [-0.1, -0.05) is 61.7 Å². The maximum Gasteiger partial charge on any atom is 0.251 e. The third kappa shape index (κ3) is 8.13. The zero-order chi connectivity index (χ0) is 26.1. The number of halogens is 2. The molecule has 1 saturated carbocycles. The number of allylic oxidation sites excluding steroid dienone is 5. The van der Waals surface area contributed by atoms with E-state index >= 15 is 0 Å². The van der Waals surface area contributed by atoms with E-state index in [1.54, 1.807) is 55.6 Å². The fraction of sp³-hybridized carbons (Fsp3) is 0.300. The van der Waals surface area contributed by atoms with Crippen LogP contribution in [0.25, 0.3) is 0 Å². The van der Waals surface area contributed by atoms with Gasteiger partial charge in [-0.3, -0.25) is 14.8 Å². The largest absolute Gasteiger partial charge is 0.346 e. The highest BCUT2D eigenvalue weighted by Gasteiger charge is 2.18. The van der Waals surface area contributed by atoms with Gasteiger partial charge in [-0.25, -0.2) is 4.39 Å². The first-order valence-corrected chi connectivity index (χ1v) is 12.6. The summed E-state index contributed by atoms with van der Waals surface area (Å²) in [5.74, 6) is 0.144. The highest BCUT2D eigenvalue weighted by atomic mass is 35.5. The molecule has 1 N–H and O–H groups in total. The molecule has 4 nitrogen and oxygen atoms in total. The summed E-state index contributed by atoms with van der Waals surface area (Å²) in [5, 5.41) is 3.64. The molecule has 0 heterocycles. The first-order chi connectivity index (χ1) is 17.2. The number of carbonyl (C=O) groups excluding carboxylic acids is 1. The van der Waals surface area contributed by atoms with Crippen molar-refractivity contribution in [2.45, 2.75) is 52.5 Å². The summed E-state index contributed by atoms with van der Waals surface area (Å²) in [6.45, 7) is 9.52. The minimum Gasteiger partial charge on any atom is -0.346 e. The van der Waals surface area contributed by atoms with Crippen molar-refractivity contribution in [3.8, 4) is 0 Å². The Morgan fingerprint density at radius 2 is 1.89 bits per heavy atom. The number of amides is 1. The van der Waals surface area contributed by atoms with Gasteiger partial charge in [0.2, 0.25) is 0 Å². The molecular weight excluding hydrogens is 473 g/mol. The molecule has 1 unspecified atom stereocenters. The summed E-state index contributed by atoms with van der Waals surface area (Å²) in [7, 11) is 0. The van der Waals surface area contributed by atoms with Crippen molar-refractivity contribution in [2.24, 2.45) is 15.9 Å². The van der Waals surface area contributed by atoms with E-state index in [0.717, 1.165) is 23.3 Å². The van der Waals surface area contributed by atoms with Gasteiger partial charge in [-0.15, -0.1) is 0 Å². The lowest BCUT2D eigenvalue weighted by atomic mass is 9.82. The summed E-state index contributed by atoms with van der Waals surface area (Å²) in [6, 6.07) is 11.1. The van der Waals surface area contributed by atoms with Crippen LogP contribution in [0.4, 0.5) is 15.8 Å². The van der Waals surface area contributed by atoms with Gasteiger partial charge in [0, 0.05) is 22.5 Å². The molecule has 0 spiro atoms. The fourth-order valence-electron chi connectivity index (χ4n) is 3.86. The third-order valence-electron chi connectivity index (χ3n) is 6.17. The van der Waals surface area contributed by atoms with Crippen molar-refractivity contribution < 1.29 is 9.18 Å². The number of nitrogens with zero attached hydrogens (tertiary/aromatic N) is 2. The molecule has 0 aliphatic heterocycles. The van der Waals surface area contributed by atoms with E-state index in [-0.39, 0.29) is 17.8 Å². The summed E-state index contributed by atoms with van der Waals surface area (Å²) < 4.78 is 13.3. The zero-order valence-corrected chi connectivity index (χ0v) is 21.9. The molecule has 2 aromatic rings. The minimum absolute atomic E-state index is 0.232. The quantitative estimate of drug-likeness (QED) is 0.255. The van der Waals surface area contributed by atoms with E-state index in [1.807, 2.05) is 19.9 Å². The molecule has 6 heteroatoms. The molecule has 1 atom stereocenters. The van der Waals surface area contributed by atoms with Crippen LogP contribution in [0.15, 0.2) is 87.9 Å². The predicted molar refractivity (Wildman–Crippen MR) is 149 cm³/mol. The van der Waals surface area contributed by atoms with E-state index in [4.69, 9.17) is 16.6 Å². The van der Waals surface area contributed by atoms with Crippen LogP contribution >= 0.6 is 11.6 Å². The number of benzene rings is 2. The number of aliphatic imine (C=N–C) groups is 2. The highest BCUT2D eigenvalue weighted by Crippen LogP contribution is 2.33. The van der Waals surface area contributed by atoms with Crippen LogP contribution in [0.5, 0.6) is 0 Å². The minimum atomic E-state index is -0.309. The molecule has 0 bridgehead atoms. The molecule has 1 aliphatic rings. The van der Waals surface area contributed by atoms with Gasteiger partial charge < -0.3 is 5.32 Å². The van der Waals surface area contributed by atoms with Crippen LogP contribution in [0.2, 0.25) is 0 Å². The number of hydrogen-bond donors (Lipinski definition) is 1. The number of carbonyl (C=O) groups is 1. The van der Waals surface area contributed by atoms with Crippen LogP contribution in [0.3, 0.4) is 0 Å². The summed E-state index contributed by atoms with van der Waals surface area (Å²) in [6.07, 6.45) is 11.7. The Morgan fingerprint density at radius 3 is 2.50 bits per heavy atom. The van der Waals surface area contributed by atoms with Crippen molar-refractivity contribution in [1.82, 2.24) is 5.32 Å². The lowest BCUT2D eigenvalue weighted by Gasteiger charge is -2.25. The van der Waals surface area contributed by atoms with Crippen LogP contribution < -0.4 is 5.32 Å². The van der Waals surface area contributed by atoms with Gasteiger partial charge in [-0.05, 0) is 80.7 Å². The van der Waals surface area contributed by atoms with E-state index in [0.29, 0.717) is 27.9 Å². The number of rotatable bonds is 10. The molecule has 36 heavy (non-hydrogen) atoms. The molecule has 3 rings (SSSR count). The van der Waals surface area contributed by atoms with Crippen molar-refractivity contribution in [2.75, 3.05) is 0 Å². The molecule has 0 aromatic heterocycles. The molecule has 188 valence electrons. The van der Waals surface area contributed by atoms with E-state index in [2.05, 4.69) is 16.9 Å². The van der Waals surface area contributed by atoms with Gasteiger partial charge in [0.1, 0.15) is 5.82 Å². The van der Waals surface area contributed by atoms with Gasteiger partial charge in [0.05, 0.1) is 17.4 Å². The first kappa shape index (κ1) is 27.3. The Balaban J connectivity index is 1.87. The second-order valence-electron chi connectivity index (χ2n) is 9.18. The summed E-state index contributed by atoms with van der Waals surface area (Å²) in [4.78, 5) is 22.5. The normalized spacial score (nSPS) is 16.1. The smallest absolute Gasteiger partial charge is 0.251 e. The first-order valence-electron chi connectivity index (χ1n) is 12.2. The second kappa shape index (κ2) is 13.1. The second-order valence-corrected chi connectivity index (χ2v) is 9.78.